The number of nitrogens with zero attached hydrogens (tertiary/aromatic N) is 2. The van der Waals surface area contributed by atoms with Crippen molar-refractivity contribution in [2.24, 2.45) is 0 Å². The topological polar surface area (TPSA) is 64.1 Å². The predicted molar refractivity (Wildman–Crippen MR) is 85.8 cm³/mol. The van der Waals surface area contributed by atoms with Crippen molar-refractivity contribution in [1.29, 1.82) is 0 Å². The molecule has 0 aliphatic heterocycles. The molecule has 0 radical (unpaired) electrons. The van der Waals surface area contributed by atoms with Crippen molar-refractivity contribution in [2.75, 3.05) is 12.4 Å². The minimum absolute atomic E-state index is 0.277. The third-order valence-electron chi connectivity index (χ3n) is 3.75. The molecule has 0 fully saturated rings. The molecule has 0 aromatic carbocycles. The second kappa shape index (κ2) is 5.97. The Labute approximate surface area is 128 Å². The molecule has 0 amide bonds. The average Bonchev–Trinajstić information content (AvgIpc) is 2.74. The van der Waals surface area contributed by atoms with Crippen molar-refractivity contribution in [2.45, 2.75) is 46.1 Å². The number of aromatic nitrogens is 2. The number of carbonyl (C=O) groups is 1. The maximum Gasteiger partial charge on any atom is 0.331 e. The van der Waals surface area contributed by atoms with E-state index in [2.05, 4.69) is 29.1 Å². The summed E-state index contributed by atoms with van der Waals surface area (Å²) in [5, 5.41) is 4.28. The molecule has 0 aliphatic rings. The van der Waals surface area contributed by atoms with Gasteiger partial charge in [-0.15, -0.1) is 11.3 Å². The molecule has 21 heavy (non-hydrogen) atoms. The minimum Gasteiger partial charge on any atom is -0.467 e. The monoisotopic (exact) mass is 307 g/mol. The lowest BCUT2D eigenvalue weighted by molar-refractivity contribution is -0.145. The maximum absolute atomic E-state index is 12.1. The van der Waals surface area contributed by atoms with Crippen LogP contribution >= 0.6 is 11.3 Å². The van der Waals surface area contributed by atoms with Crippen LogP contribution in [0.25, 0.3) is 10.2 Å². The molecule has 2 aromatic heterocycles. The smallest absolute Gasteiger partial charge is 0.331 e. The highest BCUT2D eigenvalue weighted by Crippen LogP contribution is 2.34. The minimum atomic E-state index is -0.785. The molecular weight excluding hydrogens is 286 g/mol. The number of aryl methyl sites for hydroxylation is 2. The Morgan fingerprint density at radius 2 is 2.14 bits per heavy atom. The Bertz CT molecular complexity index is 668. The van der Waals surface area contributed by atoms with E-state index in [1.54, 1.807) is 11.3 Å². The highest BCUT2D eigenvalue weighted by Gasteiger charge is 2.34. The molecular formula is C15H21N3O2S. The molecule has 1 atom stereocenters. The summed E-state index contributed by atoms with van der Waals surface area (Å²) in [5.41, 5.74) is 0.370. The van der Waals surface area contributed by atoms with E-state index in [0.29, 0.717) is 12.2 Å². The van der Waals surface area contributed by atoms with Gasteiger partial charge in [0.25, 0.3) is 0 Å². The van der Waals surface area contributed by atoms with Gasteiger partial charge in [0.15, 0.2) is 0 Å². The van der Waals surface area contributed by atoms with Crippen LogP contribution in [0.15, 0.2) is 6.33 Å². The fraction of sp³-hybridized carbons (Fsp3) is 0.533. The van der Waals surface area contributed by atoms with Crippen LogP contribution in [0.1, 0.15) is 37.1 Å². The summed E-state index contributed by atoms with van der Waals surface area (Å²) in [7, 11) is 1.41. The number of thiophene rings is 1. The fourth-order valence-corrected chi connectivity index (χ4v) is 3.48. The summed E-state index contributed by atoms with van der Waals surface area (Å²) >= 11 is 1.64. The molecule has 114 valence electrons. The molecule has 5 nitrogen and oxygen atoms in total. The van der Waals surface area contributed by atoms with Crippen LogP contribution in [0, 0.1) is 13.8 Å². The van der Waals surface area contributed by atoms with Crippen LogP contribution < -0.4 is 5.32 Å². The number of hydrogen-bond acceptors (Lipinski definition) is 6. The Kier molecular flexibility index (Phi) is 4.46. The molecule has 0 saturated heterocycles. The molecule has 1 N–H and O–H groups in total. The molecule has 1 unspecified atom stereocenters. The van der Waals surface area contributed by atoms with Crippen LogP contribution in [0.5, 0.6) is 0 Å². The first-order valence-corrected chi connectivity index (χ1v) is 7.82. The van der Waals surface area contributed by atoms with Gasteiger partial charge in [-0.2, -0.15) is 0 Å². The predicted octanol–water partition coefficient (Wildman–Crippen LogP) is 3.45. The van der Waals surface area contributed by atoms with E-state index in [-0.39, 0.29) is 5.97 Å². The molecule has 0 spiro atoms. The van der Waals surface area contributed by atoms with Crippen molar-refractivity contribution in [3.63, 3.8) is 0 Å². The van der Waals surface area contributed by atoms with Gasteiger partial charge in [-0.05, 0) is 32.8 Å². The van der Waals surface area contributed by atoms with Crippen molar-refractivity contribution < 1.29 is 9.53 Å². The Morgan fingerprint density at radius 3 is 2.76 bits per heavy atom. The van der Waals surface area contributed by atoms with E-state index in [1.165, 1.54) is 18.3 Å². The summed E-state index contributed by atoms with van der Waals surface area (Å²) in [6, 6.07) is 0. The second-order valence-electron chi connectivity index (χ2n) is 5.38. The first kappa shape index (κ1) is 15.7. The van der Waals surface area contributed by atoms with Crippen molar-refractivity contribution in [3.8, 4) is 0 Å². The third-order valence-corrected chi connectivity index (χ3v) is 4.86. The number of rotatable bonds is 5. The Balaban J connectivity index is 2.48. The number of carbonyl (C=O) groups excluding carboxylic acids is 1. The summed E-state index contributed by atoms with van der Waals surface area (Å²) in [6.07, 6.45) is 3.07. The van der Waals surface area contributed by atoms with Crippen LogP contribution in [0.2, 0.25) is 0 Å². The van der Waals surface area contributed by atoms with Gasteiger partial charge in [-0.3, -0.25) is 0 Å². The lowest BCUT2D eigenvalue weighted by atomic mass is 9.96. The number of anilines is 1. The van der Waals surface area contributed by atoms with E-state index in [0.717, 1.165) is 22.2 Å². The summed E-state index contributed by atoms with van der Waals surface area (Å²) in [4.78, 5) is 22.9. The van der Waals surface area contributed by atoms with E-state index in [1.807, 2.05) is 13.8 Å². The first-order valence-electron chi connectivity index (χ1n) is 7.00. The van der Waals surface area contributed by atoms with Gasteiger partial charge in [0, 0.05) is 4.88 Å². The van der Waals surface area contributed by atoms with E-state index in [9.17, 15) is 4.79 Å². The molecule has 2 heterocycles. The number of esters is 1. The molecule has 0 saturated carbocycles. The molecule has 2 aromatic rings. The van der Waals surface area contributed by atoms with Crippen LogP contribution in [0.3, 0.4) is 0 Å². The average molecular weight is 307 g/mol. The van der Waals surface area contributed by atoms with Gasteiger partial charge >= 0.3 is 5.97 Å². The van der Waals surface area contributed by atoms with E-state index < -0.39 is 5.54 Å². The molecule has 0 aliphatic carbocycles. The Morgan fingerprint density at radius 1 is 1.43 bits per heavy atom. The zero-order valence-corrected chi connectivity index (χ0v) is 13.9. The van der Waals surface area contributed by atoms with Gasteiger partial charge < -0.3 is 10.1 Å². The van der Waals surface area contributed by atoms with E-state index in [4.69, 9.17) is 4.74 Å². The Hall–Kier alpha value is -1.69. The third kappa shape index (κ3) is 2.85. The zero-order valence-electron chi connectivity index (χ0n) is 13.1. The summed E-state index contributed by atoms with van der Waals surface area (Å²) < 4.78 is 4.95. The molecule has 0 bridgehead atoms. The van der Waals surface area contributed by atoms with Crippen LogP contribution in [-0.4, -0.2) is 28.6 Å². The standard InChI is InChI=1S/C15H21N3O2S/c1-6-7-15(4,14(19)20-5)18-12-11-9(2)10(3)21-13(11)17-8-16-12/h8H,6-7H2,1-5H3,(H,16,17,18). The largest absolute Gasteiger partial charge is 0.467 e. The quantitative estimate of drug-likeness (QED) is 0.857. The number of fused-ring (bicyclic) bond motifs is 1. The highest BCUT2D eigenvalue weighted by atomic mass is 32.1. The maximum atomic E-state index is 12.1. The van der Waals surface area contributed by atoms with Crippen molar-refractivity contribution >= 4 is 33.3 Å². The van der Waals surface area contributed by atoms with Crippen LogP contribution in [-0.2, 0) is 9.53 Å². The first-order chi connectivity index (χ1) is 9.92. The second-order valence-corrected chi connectivity index (χ2v) is 6.59. The van der Waals surface area contributed by atoms with E-state index >= 15 is 0 Å². The number of nitrogens with one attached hydrogen (secondary N) is 1. The van der Waals surface area contributed by atoms with Gasteiger partial charge in [0.05, 0.1) is 12.5 Å². The van der Waals surface area contributed by atoms with Crippen molar-refractivity contribution in [3.05, 3.63) is 16.8 Å². The summed E-state index contributed by atoms with van der Waals surface area (Å²) in [5.74, 6) is 0.420. The SMILES string of the molecule is CCCC(C)(Nc1ncnc2sc(C)c(C)c12)C(=O)OC. The number of hydrogen-bond donors (Lipinski definition) is 1. The fourth-order valence-electron chi connectivity index (χ4n) is 2.48. The van der Waals surface area contributed by atoms with Gasteiger partial charge in [0.2, 0.25) is 0 Å². The molecule has 6 heteroatoms. The molecule has 2 rings (SSSR count). The number of ether oxygens (including phenoxy) is 1. The highest BCUT2D eigenvalue weighted by molar-refractivity contribution is 7.18. The lowest BCUT2D eigenvalue weighted by Crippen LogP contribution is -2.44. The van der Waals surface area contributed by atoms with Gasteiger partial charge in [-0.1, -0.05) is 13.3 Å². The zero-order chi connectivity index (χ0) is 15.6. The summed E-state index contributed by atoms with van der Waals surface area (Å²) in [6.45, 7) is 8.01. The number of methoxy groups -OCH3 is 1. The van der Waals surface area contributed by atoms with Crippen molar-refractivity contribution in [1.82, 2.24) is 9.97 Å². The normalized spacial score (nSPS) is 14.0. The van der Waals surface area contributed by atoms with Gasteiger partial charge in [-0.25, -0.2) is 14.8 Å². The van der Waals surface area contributed by atoms with Crippen LogP contribution in [0.4, 0.5) is 5.82 Å². The lowest BCUT2D eigenvalue weighted by Gasteiger charge is -2.28. The van der Waals surface area contributed by atoms with Gasteiger partial charge in [0.1, 0.15) is 22.5 Å².